The molecule has 1 aliphatic heterocycles. The molecule has 4 rings (SSSR count). The molecule has 7 nitrogen and oxygen atoms in total. The van der Waals surface area contributed by atoms with Gasteiger partial charge in [0.05, 0.1) is 19.8 Å². The van der Waals surface area contributed by atoms with E-state index in [-0.39, 0.29) is 0 Å². The van der Waals surface area contributed by atoms with Crippen LogP contribution in [0.25, 0.3) is 11.3 Å². The van der Waals surface area contributed by atoms with E-state index in [1.54, 1.807) is 26.0 Å². The lowest BCUT2D eigenvalue weighted by Gasteiger charge is -2.22. The molecule has 1 N–H and O–H groups in total. The molecule has 0 fully saturated rings. The summed E-state index contributed by atoms with van der Waals surface area (Å²) in [6.45, 7) is 2.16. The number of rotatable bonds is 7. The maximum atomic E-state index is 6.34. The topological polar surface area (TPSA) is 78.4 Å². The standard InChI is InChI=1S/C22H24N4O3S/c1-4-5-13-30-22-24-21-18(25-26-22)14-9-6-7-11-16(14)23-20(29-21)15-10-8-12-17(27-2)19(15)28-3/h6-12,20,23H,4-5,13H2,1-3H3/t20-/m1/s1. The van der Waals surface area contributed by atoms with Crippen LogP contribution in [0.15, 0.2) is 47.6 Å². The predicted octanol–water partition coefficient (Wildman–Crippen LogP) is 4.95. The number of methoxy groups -OCH3 is 2. The zero-order valence-electron chi connectivity index (χ0n) is 17.2. The van der Waals surface area contributed by atoms with Crippen LogP contribution in [0.1, 0.15) is 31.6 Å². The number of nitrogens with one attached hydrogen (secondary N) is 1. The molecule has 0 amide bonds. The van der Waals surface area contributed by atoms with Crippen LogP contribution < -0.4 is 19.5 Å². The van der Waals surface area contributed by atoms with E-state index in [0.29, 0.717) is 28.2 Å². The minimum absolute atomic E-state index is 0.441. The summed E-state index contributed by atoms with van der Waals surface area (Å²) < 4.78 is 17.4. The Morgan fingerprint density at radius 2 is 1.93 bits per heavy atom. The van der Waals surface area contributed by atoms with Crippen molar-refractivity contribution in [3.8, 4) is 28.6 Å². The Hall–Kier alpha value is -3.00. The molecule has 0 aliphatic carbocycles. The van der Waals surface area contributed by atoms with Crippen LogP contribution in [0, 0.1) is 0 Å². The van der Waals surface area contributed by atoms with Crippen molar-refractivity contribution >= 4 is 17.4 Å². The zero-order chi connectivity index (χ0) is 20.9. The molecule has 2 heterocycles. The highest BCUT2D eigenvalue weighted by Crippen LogP contribution is 2.43. The largest absolute Gasteiger partial charge is 0.493 e. The zero-order valence-corrected chi connectivity index (χ0v) is 18.0. The lowest BCUT2D eigenvalue weighted by atomic mass is 10.1. The number of fused-ring (bicyclic) bond motifs is 3. The van der Waals surface area contributed by atoms with E-state index in [1.807, 2.05) is 42.5 Å². The second-order valence-corrected chi connectivity index (χ2v) is 7.78. The maximum absolute atomic E-state index is 6.34. The Bertz CT molecular complexity index is 1030. The Kier molecular flexibility index (Phi) is 6.23. The molecule has 1 atom stereocenters. The van der Waals surface area contributed by atoms with Gasteiger partial charge in [0.25, 0.3) is 0 Å². The van der Waals surface area contributed by atoms with Gasteiger partial charge in [-0.2, -0.15) is 4.98 Å². The Balaban J connectivity index is 1.78. The first-order valence-electron chi connectivity index (χ1n) is 9.86. The summed E-state index contributed by atoms with van der Waals surface area (Å²) in [7, 11) is 3.23. The Morgan fingerprint density at radius 3 is 2.73 bits per heavy atom. The summed E-state index contributed by atoms with van der Waals surface area (Å²) in [4.78, 5) is 4.67. The fraction of sp³-hybridized carbons (Fsp3) is 0.318. The minimum Gasteiger partial charge on any atom is -0.493 e. The van der Waals surface area contributed by atoms with Crippen LogP contribution in [0.4, 0.5) is 5.69 Å². The third-order valence-corrected chi connectivity index (χ3v) is 5.70. The highest BCUT2D eigenvalue weighted by Gasteiger charge is 2.28. The van der Waals surface area contributed by atoms with Crippen molar-refractivity contribution in [2.75, 3.05) is 25.3 Å². The molecule has 3 aromatic rings. The van der Waals surface area contributed by atoms with Crippen LogP contribution in [-0.4, -0.2) is 35.2 Å². The summed E-state index contributed by atoms with van der Waals surface area (Å²) in [6, 6.07) is 13.6. The summed E-state index contributed by atoms with van der Waals surface area (Å²) in [6.07, 6.45) is 1.68. The number of nitrogens with zero attached hydrogens (tertiary/aromatic N) is 3. The fourth-order valence-corrected chi connectivity index (χ4v) is 4.14. The Morgan fingerprint density at radius 1 is 1.07 bits per heavy atom. The average molecular weight is 425 g/mol. The van der Waals surface area contributed by atoms with Crippen LogP contribution in [0.3, 0.4) is 0 Å². The van der Waals surface area contributed by atoms with Gasteiger partial charge in [0.2, 0.25) is 17.3 Å². The van der Waals surface area contributed by atoms with E-state index >= 15 is 0 Å². The normalized spacial score (nSPS) is 14.6. The van der Waals surface area contributed by atoms with Crippen LogP contribution in [0.2, 0.25) is 0 Å². The highest BCUT2D eigenvalue weighted by atomic mass is 32.2. The molecule has 1 aromatic heterocycles. The van der Waals surface area contributed by atoms with Crippen molar-refractivity contribution in [3.63, 3.8) is 0 Å². The third kappa shape index (κ3) is 4.00. The number of para-hydroxylation sites is 2. The summed E-state index contributed by atoms with van der Waals surface area (Å²) >= 11 is 1.59. The molecule has 0 radical (unpaired) electrons. The summed E-state index contributed by atoms with van der Waals surface area (Å²) in [5.74, 6) is 2.63. The molecule has 8 heteroatoms. The first-order valence-corrected chi connectivity index (χ1v) is 10.8. The van der Waals surface area contributed by atoms with Gasteiger partial charge in [0.15, 0.2) is 17.2 Å². The second-order valence-electron chi connectivity index (χ2n) is 6.72. The van der Waals surface area contributed by atoms with Gasteiger partial charge in [-0.25, -0.2) is 0 Å². The first kappa shape index (κ1) is 20.3. The van der Waals surface area contributed by atoms with Crippen LogP contribution in [0.5, 0.6) is 17.4 Å². The van der Waals surface area contributed by atoms with Gasteiger partial charge < -0.3 is 19.5 Å². The SMILES string of the molecule is CCCCSc1nnc2c(n1)O[C@H](c1cccc(OC)c1OC)Nc1ccccc1-2. The molecule has 0 saturated carbocycles. The average Bonchev–Trinajstić information content (AvgIpc) is 2.95. The van der Waals surface area contributed by atoms with Crippen molar-refractivity contribution in [1.29, 1.82) is 0 Å². The highest BCUT2D eigenvalue weighted by molar-refractivity contribution is 7.99. The molecule has 0 unspecified atom stereocenters. The minimum atomic E-state index is -0.539. The van der Waals surface area contributed by atoms with Gasteiger partial charge in [0.1, 0.15) is 0 Å². The maximum Gasteiger partial charge on any atom is 0.247 e. The molecular formula is C22H24N4O3S. The van der Waals surface area contributed by atoms with Crippen molar-refractivity contribution < 1.29 is 14.2 Å². The number of hydrogen-bond donors (Lipinski definition) is 1. The van der Waals surface area contributed by atoms with Gasteiger partial charge in [0, 0.05) is 17.0 Å². The monoisotopic (exact) mass is 424 g/mol. The number of anilines is 1. The Labute approximate surface area is 180 Å². The molecule has 2 aromatic carbocycles. The third-order valence-electron chi connectivity index (χ3n) is 4.78. The molecule has 0 spiro atoms. The van der Waals surface area contributed by atoms with Gasteiger partial charge in [-0.15, -0.1) is 10.2 Å². The van der Waals surface area contributed by atoms with Crippen LogP contribution in [-0.2, 0) is 0 Å². The van der Waals surface area contributed by atoms with E-state index in [2.05, 4.69) is 27.4 Å². The van der Waals surface area contributed by atoms with E-state index in [9.17, 15) is 0 Å². The fourth-order valence-electron chi connectivity index (χ4n) is 3.28. The summed E-state index contributed by atoms with van der Waals surface area (Å²) in [5.41, 5.74) is 3.19. The van der Waals surface area contributed by atoms with Crippen LogP contribution >= 0.6 is 11.8 Å². The number of benzene rings is 2. The first-order chi connectivity index (χ1) is 14.7. The summed E-state index contributed by atoms with van der Waals surface area (Å²) in [5, 5.41) is 12.8. The van der Waals surface area contributed by atoms with E-state index in [4.69, 9.17) is 14.2 Å². The van der Waals surface area contributed by atoms with Gasteiger partial charge in [-0.1, -0.05) is 49.4 Å². The van der Waals surface area contributed by atoms with Crippen molar-refractivity contribution in [2.24, 2.45) is 0 Å². The number of aromatic nitrogens is 3. The number of unbranched alkanes of at least 4 members (excludes halogenated alkanes) is 1. The number of ether oxygens (including phenoxy) is 3. The molecule has 156 valence electrons. The van der Waals surface area contributed by atoms with Crippen molar-refractivity contribution in [2.45, 2.75) is 31.1 Å². The molecule has 30 heavy (non-hydrogen) atoms. The van der Waals surface area contributed by atoms with Gasteiger partial charge in [-0.05, 0) is 24.6 Å². The molecule has 0 bridgehead atoms. The van der Waals surface area contributed by atoms with Crippen molar-refractivity contribution in [1.82, 2.24) is 15.2 Å². The predicted molar refractivity (Wildman–Crippen MR) is 117 cm³/mol. The van der Waals surface area contributed by atoms with E-state index in [0.717, 1.165) is 35.4 Å². The smallest absolute Gasteiger partial charge is 0.247 e. The second kappa shape index (κ2) is 9.21. The quantitative estimate of drug-likeness (QED) is 0.422. The molecule has 0 saturated heterocycles. The number of thioether (sulfide) groups is 1. The molecule has 1 aliphatic rings. The van der Waals surface area contributed by atoms with Gasteiger partial charge >= 0.3 is 0 Å². The lowest BCUT2D eigenvalue weighted by Crippen LogP contribution is -2.18. The van der Waals surface area contributed by atoms with E-state index in [1.165, 1.54) is 0 Å². The van der Waals surface area contributed by atoms with Gasteiger partial charge in [-0.3, -0.25) is 0 Å². The lowest BCUT2D eigenvalue weighted by molar-refractivity contribution is 0.218. The number of hydrogen-bond acceptors (Lipinski definition) is 8. The van der Waals surface area contributed by atoms with E-state index < -0.39 is 6.23 Å². The van der Waals surface area contributed by atoms with Crippen molar-refractivity contribution in [3.05, 3.63) is 48.0 Å². The molecular weight excluding hydrogens is 400 g/mol.